The van der Waals surface area contributed by atoms with Crippen LogP contribution in [0.1, 0.15) is 23.8 Å². The van der Waals surface area contributed by atoms with Crippen LogP contribution >= 0.6 is 11.3 Å². The lowest BCUT2D eigenvalue weighted by atomic mass is 9.83. The van der Waals surface area contributed by atoms with Gasteiger partial charge in [-0.2, -0.15) is 11.3 Å². The van der Waals surface area contributed by atoms with Crippen LogP contribution in [-0.2, 0) is 0 Å². The van der Waals surface area contributed by atoms with Crippen LogP contribution in [0.5, 0.6) is 0 Å². The molecule has 10 aromatic rings. The zero-order valence-electron chi connectivity index (χ0n) is 29.3. The molecule has 0 aliphatic heterocycles. The zero-order chi connectivity index (χ0) is 35.5. The lowest BCUT2D eigenvalue weighted by Gasteiger charge is -2.19. The summed E-state index contributed by atoms with van der Waals surface area (Å²) >= 11 is 1.74. The summed E-state index contributed by atoms with van der Waals surface area (Å²) in [6.07, 6.45) is 4.11. The van der Waals surface area contributed by atoms with Crippen molar-refractivity contribution >= 4 is 77.0 Å². The summed E-state index contributed by atoms with van der Waals surface area (Å²) in [5.41, 5.74) is 11.6. The minimum absolute atomic E-state index is 0.773. The van der Waals surface area contributed by atoms with Crippen molar-refractivity contribution < 1.29 is 4.42 Å². The van der Waals surface area contributed by atoms with Gasteiger partial charge in [0.15, 0.2) is 0 Å². The highest BCUT2D eigenvalue weighted by Crippen LogP contribution is 2.48. The third kappa shape index (κ3) is 4.84. The Balaban J connectivity index is 1.22. The molecular weight excluding hydrogens is 661 g/mol. The molecule has 1 nitrogen and oxygen atoms in total. The summed E-state index contributed by atoms with van der Waals surface area (Å²) in [6, 6.07) is 55.0. The van der Waals surface area contributed by atoms with E-state index in [4.69, 9.17) is 4.42 Å². The molecule has 8 aromatic carbocycles. The number of rotatable bonds is 6. The lowest BCUT2D eigenvalue weighted by Crippen LogP contribution is -1.95. The maximum Gasteiger partial charge on any atom is 0.136 e. The normalized spacial score (nSPS) is 12.1. The van der Waals surface area contributed by atoms with E-state index in [0.29, 0.717) is 0 Å². The minimum atomic E-state index is 0.773. The fraction of sp³-hybridized carbons (Fsp3) is 0.0196. The summed E-state index contributed by atoms with van der Waals surface area (Å²) in [5, 5.41) is 15.3. The molecule has 250 valence electrons. The third-order valence-corrected chi connectivity index (χ3v) is 11.4. The molecule has 0 radical (unpaired) electrons. The SMILES string of the molecule is C=Cc1oc2cc(-c3c4ccccc4c(-c4ccccc4)c4ccccc34)ccc2c1/C(=C\C)c1c2ccccc2c(-c2ccsc2)c2ccccc12. The molecule has 10 rings (SSSR count). The zero-order valence-corrected chi connectivity index (χ0v) is 30.1. The maximum absolute atomic E-state index is 6.78. The van der Waals surface area contributed by atoms with Crippen LogP contribution in [-0.4, -0.2) is 0 Å². The summed E-state index contributed by atoms with van der Waals surface area (Å²) < 4.78 is 6.78. The van der Waals surface area contributed by atoms with Crippen LogP contribution < -0.4 is 0 Å². The van der Waals surface area contributed by atoms with Crippen molar-refractivity contribution in [3.63, 3.8) is 0 Å². The van der Waals surface area contributed by atoms with E-state index in [0.717, 1.165) is 33.4 Å². The van der Waals surface area contributed by atoms with Crippen molar-refractivity contribution in [2.45, 2.75) is 6.92 Å². The van der Waals surface area contributed by atoms with E-state index in [-0.39, 0.29) is 0 Å². The molecule has 0 unspecified atom stereocenters. The largest absolute Gasteiger partial charge is 0.456 e. The number of allylic oxidation sites excluding steroid dienone is 1. The molecule has 0 aliphatic carbocycles. The smallest absolute Gasteiger partial charge is 0.136 e. The topological polar surface area (TPSA) is 13.1 Å². The van der Waals surface area contributed by atoms with Gasteiger partial charge in [-0.15, -0.1) is 0 Å². The second-order valence-electron chi connectivity index (χ2n) is 13.5. The van der Waals surface area contributed by atoms with Gasteiger partial charge in [0.25, 0.3) is 0 Å². The summed E-state index contributed by atoms with van der Waals surface area (Å²) in [7, 11) is 0. The Morgan fingerprint density at radius 2 is 0.981 bits per heavy atom. The molecule has 53 heavy (non-hydrogen) atoms. The van der Waals surface area contributed by atoms with Gasteiger partial charge >= 0.3 is 0 Å². The highest BCUT2D eigenvalue weighted by molar-refractivity contribution is 7.08. The van der Waals surface area contributed by atoms with E-state index >= 15 is 0 Å². The van der Waals surface area contributed by atoms with Crippen LogP contribution in [0, 0.1) is 0 Å². The van der Waals surface area contributed by atoms with Crippen molar-refractivity contribution in [3.05, 3.63) is 192 Å². The van der Waals surface area contributed by atoms with Crippen molar-refractivity contribution in [2.75, 3.05) is 0 Å². The molecule has 0 saturated carbocycles. The van der Waals surface area contributed by atoms with E-state index in [2.05, 4.69) is 182 Å². The van der Waals surface area contributed by atoms with E-state index in [1.807, 2.05) is 6.08 Å². The Labute approximate surface area is 312 Å². The Morgan fingerprint density at radius 1 is 0.491 bits per heavy atom. The van der Waals surface area contributed by atoms with Gasteiger partial charge in [-0.05, 0) is 130 Å². The van der Waals surface area contributed by atoms with E-state index in [1.54, 1.807) is 11.3 Å². The number of hydrogen-bond donors (Lipinski definition) is 0. The van der Waals surface area contributed by atoms with Gasteiger partial charge in [0.1, 0.15) is 11.3 Å². The minimum Gasteiger partial charge on any atom is -0.456 e. The molecule has 0 amide bonds. The molecule has 0 bridgehead atoms. The molecule has 0 spiro atoms. The van der Waals surface area contributed by atoms with Crippen LogP contribution in [0.2, 0.25) is 0 Å². The molecule has 2 heterocycles. The third-order valence-electron chi connectivity index (χ3n) is 10.8. The molecule has 0 N–H and O–H groups in total. The maximum atomic E-state index is 6.78. The highest BCUT2D eigenvalue weighted by Gasteiger charge is 2.24. The first-order chi connectivity index (χ1) is 26.2. The number of thiophene rings is 1. The molecule has 0 fully saturated rings. The summed E-state index contributed by atoms with van der Waals surface area (Å²) in [4.78, 5) is 0. The van der Waals surface area contributed by atoms with Crippen molar-refractivity contribution in [1.29, 1.82) is 0 Å². The molecule has 0 aliphatic rings. The first-order valence-electron chi connectivity index (χ1n) is 18.1. The van der Waals surface area contributed by atoms with Crippen molar-refractivity contribution in [3.8, 4) is 33.4 Å². The van der Waals surface area contributed by atoms with Gasteiger partial charge < -0.3 is 4.42 Å². The highest BCUT2D eigenvalue weighted by atomic mass is 32.1. The molecule has 2 heteroatoms. The monoisotopic (exact) mass is 694 g/mol. The predicted octanol–water partition coefficient (Wildman–Crippen LogP) is 15.2. The average Bonchev–Trinajstić information content (AvgIpc) is 3.88. The second kappa shape index (κ2) is 12.6. The summed E-state index contributed by atoms with van der Waals surface area (Å²) in [5.74, 6) is 0.773. The van der Waals surface area contributed by atoms with Crippen molar-refractivity contribution in [2.24, 2.45) is 0 Å². The lowest BCUT2D eigenvalue weighted by molar-refractivity contribution is 0.603. The van der Waals surface area contributed by atoms with E-state index in [1.165, 1.54) is 76.5 Å². The van der Waals surface area contributed by atoms with Gasteiger partial charge in [-0.3, -0.25) is 0 Å². The average molecular weight is 695 g/mol. The number of furan rings is 1. The van der Waals surface area contributed by atoms with Gasteiger partial charge in [-0.25, -0.2) is 0 Å². The predicted molar refractivity (Wildman–Crippen MR) is 230 cm³/mol. The number of benzene rings is 8. The second-order valence-corrected chi connectivity index (χ2v) is 14.3. The van der Waals surface area contributed by atoms with Gasteiger partial charge in [-0.1, -0.05) is 146 Å². The van der Waals surface area contributed by atoms with Crippen LogP contribution in [0.15, 0.2) is 179 Å². The quantitative estimate of drug-likeness (QED) is 0.158. The van der Waals surface area contributed by atoms with E-state index < -0.39 is 0 Å². The van der Waals surface area contributed by atoms with Crippen LogP contribution in [0.4, 0.5) is 0 Å². The standard InChI is InChI=1S/C51H34OS/c1-3-35(50-42-24-14-12-22-40(42)49(34-28-29-53-31-34)41-23-13-15-25-43(41)50)51-44-27-26-33(30-46(44)52-45(51)4-2)48-38-20-10-8-18-36(38)47(32-16-6-5-7-17-32)37-19-9-11-21-39(37)48/h3-31H,2H2,1H3/b35-3-. The molecular formula is C51H34OS. The fourth-order valence-corrected chi connectivity index (χ4v) is 9.24. The first kappa shape index (κ1) is 31.3. The molecule has 0 atom stereocenters. The Bertz CT molecular complexity index is 2950. The van der Waals surface area contributed by atoms with Crippen LogP contribution in [0.3, 0.4) is 0 Å². The first-order valence-corrected chi connectivity index (χ1v) is 19.0. The van der Waals surface area contributed by atoms with Crippen LogP contribution in [0.25, 0.3) is 99.1 Å². The molecule has 0 saturated heterocycles. The number of fused-ring (bicyclic) bond motifs is 5. The molecule has 2 aromatic heterocycles. The fourth-order valence-electron chi connectivity index (χ4n) is 8.60. The van der Waals surface area contributed by atoms with Crippen molar-refractivity contribution in [1.82, 2.24) is 0 Å². The Hall–Kier alpha value is -6.48. The summed E-state index contributed by atoms with van der Waals surface area (Å²) in [6.45, 7) is 6.39. The van der Waals surface area contributed by atoms with E-state index in [9.17, 15) is 0 Å². The number of hydrogen-bond acceptors (Lipinski definition) is 2. The Morgan fingerprint density at radius 3 is 1.49 bits per heavy atom. The Kier molecular flexibility index (Phi) is 7.45. The van der Waals surface area contributed by atoms with Gasteiger partial charge in [0.2, 0.25) is 0 Å². The van der Waals surface area contributed by atoms with Gasteiger partial charge in [0, 0.05) is 10.9 Å². The van der Waals surface area contributed by atoms with Gasteiger partial charge in [0.05, 0.1) is 0 Å².